The van der Waals surface area contributed by atoms with Crippen molar-refractivity contribution in [3.63, 3.8) is 0 Å². The second-order valence-electron chi connectivity index (χ2n) is 5.84. The first-order chi connectivity index (χ1) is 10.6. The van der Waals surface area contributed by atoms with E-state index in [1.165, 1.54) is 0 Å². The minimum Gasteiger partial charge on any atom is -0.342 e. The molecule has 3 rings (SSSR count). The van der Waals surface area contributed by atoms with Crippen LogP contribution in [0.1, 0.15) is 37.2 Å². The number of hydrogen-bond acceptors (Lipinski definition) is 4. The van der Waals surface area contributed by atoms with Crippen molar-refractivity contribution in [1.29, 1.82) is 0 Å². The van der Waals surface area contributed by atoms with E-state index in [1.54, 1.807) is 19.3 Å². The predicted octanol–water partition coefficient (Wildman–Crippen LogP) is 1.91. The molecule has 0 radical (unpaired) electrons. The van der Waals surface area contributed by atoms with Crippen molar-refractivity contribution in [3.8, 4) is 11.4 Å². The maximum atomic E-state index is 11.7. The van der Waals surface area contributed by atoms with Crippen LogP contribution in [0, 0.1) is 6.92 Å². The standard InChI is InChI=1S/C16H21N5O/c1-11-19-9-14(20(11)3)16-15(17-6-7-18-16)13-5-4-8-21(10-13)12(2)22/h6-7,9,13H,4-5,8,10H2,1-3H3/t13-/m0/s1. The quantitative estimate of drug-likeness (QED) is 0.850. The molecule has 0 N–H and O–H groups in total. The molecule has 1 saturated heterocycles. The highest BCUT2D eigenvalue weighted by atomic mass is 16.2. The number of aryl methyl sites for hydroxylation is 1. The number of carbonyl (C=O) groups is 1. The molecule has 2 aromatic rings. The lowest BCUT2D eigenvalue weighted by Crippen LogP contribution is -2.38. The fourth-order valence-corrected chi connectivity index (χ4v) is 3.05. The Bertz CT molecular complexity index is 694. The van der Waals surface area contributed by atoms with Crippen molar-refractivity contribution >= 4 is 5.91 Å². The van der Waals surface area contributed by atoms with E-state index in [1.807, 2.05) is 29.6 Å². The van der Waals surface area contributed by atoms with Crippen LogP contribution in [0.15, 0.2) is 18.6 Å². The van der Waals surface area contributed by atoms with Gasteiger partial charge in [-0.2, -0.15) is 0 Å². The summed E-state index contributed by atoms with van der Waals surface area (Å²) in [5.41, 5.74) is 2.82. The second-order valence-corrected chi connectivity index (χ2v) is 5.84. The average molecular weight is 299 g/mol. The summed E-state index contributed by atoms with van der Waals surface area (Å²) in [6, 6.07) is 0. The Balaban J connectivity index is 1.98. The van der Waals surface area contributed by atoms with E-state index >= 15 is 0 Å². The first kappa shape index (κ1) is 14.7. The molecule has 1 aliphatic heterocycles. The number of imidazole rings is 1. The van der Waals surface area contributed by atoms with Crippen molar-refractivity contribution < 1.29 is 4.79 Å². The molecular formula is C16H21N5O. The van der Waals surface area contributed by atoms with Crippen molar-refractivity contribution in [2.24, 2.45) is 7.05 Å². The van der Waals surface area contributed by atoms with E-state index < -0.39 is 0 Å². The molecule has 1 amide bonds. The lowest BCUT2D eigenvalue weighted by atomic mass is 9.92. The van der Waals surface area contributed by atoms with Gasteiger partial charge in [-0.1, -0.05) is 0 Å². The maximum Gasteiger partial charge on any atom is 0.219 e. The largest absolute Gasteiger partial charge is 0.342 e. The van der Waals surface area contributed by atoms with Gasteiger partial charge in [0, 0.05) is 45.4 Å². The molecule has 0 unspecified atom stereocenters. The third-order valence-corrected chi connectivity index (χ3v) is 4.44. The van der Waals surface area contributed by atoms with Crippen molar-refractivity contribution in [3.05, 3.63) is 30.1 Å². The first-order valence-corrected chi connectivity index (χ1v) is 7.63. The summed E-state index contributed by atoms with van der Waals surface area (Å²) < 4.78 is 2.03. The monoisotopic (exact) mass is 299 g/mol. The van der Waals surface area contributed by atoms with Crippen LogP contribution in [0.3, 0.4) is 0 Å². The Morgan fingerprint density at radius 2 is 2.05 bits per heavy atom. The van der Waals surface area contributed by atoms with Crippen molar-refractivity contribution in [1.82, 2.24) is 24.4 Å². The van der Waals surface area contributed by atoms with Crippen molar-refractivity contribution in [2.75, 3.05) is 13.1 Å². The van der Waals surface area contributed by atoms with Gasteiger partial charge in [-0.25, -0.2) is 4.98 Å². The number of carbonyl (C=O) groups excluding carboxylic acids is 1. The van der Waals surface area contributed by atoms with Crippen LogP contribution in [0.4, 0.5) is 0 Å². The van der Waals surface area contributed by atoms with Gasteiger partial charge in [-0.05, 0) is 19.8 Å². The zero-order chi connectivity index (χ0) is 15.7. The topological polar surface area (TPSA) is 63.9 Å². The number of piperidine rings is 1. The molecule has 2 aromatic heterocycles. The van der Waals surface area contributed by atoms with E-state index in [0.29, 0.717) is 0 Å². The highest BCUT2D eigenvalue weighted by Crippen LogP contribution is 2.31. The third-order valence-electron chi connectivity index (χ3n) is 4.44. The van der Waals surface area contributed by atoms with Crippen LogP contribution in [-0.4, -0.2) is 43.4 Å². The molecule has 1 atom stereocenters. The van der Waals surface area contributed by atoms with Gasteiger partial charge < -0.3 is 9.47 Å². The summed E-state index contributed by atoms with van der Waals surface area (Å²) in [5.74, 6) is 1.31. The van der Waals surface area contributed by atoms with Gasteiger partial charge in [0.05, 0.1) is 17.6 Å². The molecule has 0 spiro atoms. The molecule has 0 aliphatic carbocycles. The van der Waals surface area contributed by atoms with Gasteiger partial charge in [-0.3, -0.25) is 14.8 Å². The van der Waals surface area contributed by atoms with Gasteiger partial charge in [0.15, 0.2) is 0 Å². The predicted molar refractivity (Wildman–Crippen MR) is 83.2 cm³/mol. The van der Waals surface area contributed by atoms with E-state index in [-0.39, 0.29) is 11.8 Å². The molecule has 0 aromatic carbocycles. The number of rotatable bonds is 2. The van der Waals surface area contributed by atoms with Crippen LogP contribution in [0.2, 0.25) is 0 Å². The number of likely N-dealkylation sites (tertiary alicyclic amines) is 1. The third kappa shape index (κ3) is 2.61. The molecule has 6 heteroatoms. The van der Waals surface area contributed by atoms with Crippen molar-refractivity contribution in [2.45, 2.75) is 32.6 Å². The number of aromatic nitrogens is 4. The molecule has 1 aliphatic rings. The van der Waals surface area contributed by atoms with E-state index in [2.05, 4.69) is 15.0 Å². The zero-order valence-electron chi connectivity index (χ0n) is 13.3. The Labute approximate surface area is 130 Å². The minimum absolute atomic E-state index is 0.131. The summed E-state index contributed by atoms with van der Waals surface area (Å²) in [6.45, 7) is 5.16. The Morgan fingerprint density at radius 3 is 2.73 bits per heavy atom. The van der Waals surface area contributed by atoms with Crippen LogP contribution < -0.4 is 0 Å². The number of hydrogen-bond donors (Lipinski definition) is 0. The number of nitrogens with zero attached hydrogens (tertiary/aromatic N) is 5. The minimum atomic E-state index is 0.131. The smallest absolute Gasteiger partial charge is 0.219 e. The van der Waals surface area contributed by atoms with Gasteiger partial charge in [0.1, 0.15) is 11.5 Å². The average Bonchev–Trinajstić information content (AvgIpc) is 2.87. The van der Waals surface area contributed by atoms with Crippen LogP contribution in [0.5, 0.6) is 0 Å². The highest BCUT2D eigenvalue weighted by Gasteiger charge is 2.27. The van der Waals surface area contributed by atoms with Gasteiger partial charge >= 0.3 is 0 Å². The molecule has 0 saturated carbocycles. The lowest BCUT2D eigenvalue weighted by molar-refractivity contribution is -0.130. The normalized spacial score (nSPS) is 18.5. The lowest BCUT2D eigenvalue weighted by Gasteiger charge is -2.32. The van der Waals surface area contributed by atoms with Crippen LogP contribution in [0.25, 0.3) is 11.4 Å². The van der Waals surface area contributed by atoms with Gasteiger partial charge in [-0.15, -0.1) is 0 Å². The molecule has 6 nitrogen and oxygen atoms in total. The summed E-state index contributed by atoms with van der Waals surface area (Å²) in [5, 5.41) is 0. The van der Waals surface area contributed by atoms with E-state index in [9.17, 15) is 4.79 Å². The summed E-state index contributed by atoms with van der Waals surface area (Å²) in [7, 11) is 1.98. The summed E-state index contributed by atoms with van der Waals surface area (Å²) >= 11 is 0. The molecule has 116 valence electrons. The Morgan fingerprint density at radius 1 is 1.27 bits per heavy atom. The van der Waals surface area contributed by atoms with Crippen LogP contribution >= 0.6 is 0 Å². The number of amides is 1. The molecular weight excluding hydrogens is 278 g/mol. The van der Waals surface area contributed by atoms with Gasteiger partial charge in [0.25, 0.3) is 0 Å². The van der Waals surface area contributed by atoms with Crippen LogP contribution in [-0.2, 0) is 11.8 Å². The fraction of sp³-hybridized carbons (Fsp3) is 0.500. The van der Waals surface area contributed by atoms with E-state index in [0.717, 1.165) is 48.8 Å². The molecule has 22 heavy (non-hydrogen) atoms. The SMILES string of the molecule is CC(=O)N1CCC[C@H](c2nccnc2-c2cnc(C)n2C)C1. The summed E-state index contributed by atoms with van der Waals surface area (Å²) in [4.78, 5) is 27.0. The molecule has 1 fully saturated rings. The Kier molecular flexibility index (Phi) is 3.92. The maximum absolute atomic E-state index is 11.7. The second kappa shape index (κ2) is 5.87. The Hall–Kier alpha value is -2.24. The zero-order valence-corrected chi connectivity index (χ0v) is 13.3. The fourth-order valence-electron chi connectivity index (χ4n) is 3.05. The highest BCUT2D eigenvalue weighted by molar-refractivity contribution is 5.73. The van der Waals surface area contributed by atoms with E-state index in [4.69, 9.17) is 0 Å². The molecule has 0 bridgehead atoms. The molecule has 3 heterocycles. The van der Waals surface area contributed by atoms with Gasteiger partial charge in [0.2, 0.25) is 5.91 Å². The first-order valence-electron chi connectivity index (χ1n) is 7.63. The summed E-state index contributed by atoms with van der Waals surface area (Å²) in [6.07, 6.45) is 7.33.